The zero-order valence-electron chi connectivity index (χ0n) is 19.7. The van der Waals surface area contributed by atoms with Gasteiger partial charge in [0.05, 0.1) is 16.9 Å². The number of carbonyl (C=O) groups is 1. The van der Waals surface area contributed by atoms with Gasteiger partial charge in [-0.15, -0.1) is 11.3 Å². The van der Waals surface area contributed by atoms with Gasteiger partial charge in [-0.25, -0.2) is 15.0 Å². The minimum absolute atomic E-state index is 0.0560. The molecule has 2 heterocycles. The first-order valence-corrected chi connectivity index (χ1v) is 11.8. The summed E-state index contributed by atoms with van der Waals surface area (Å²) in [5, 5.41) is 4.15. The molecule has 0 bridgehead atoms. The van der Waals surface area contributed by atoms with Crippen molar-refractivity contribution in [1.82, 2.24) is 20.3 Å². The first kappa shape index (κ1) is 26.7. The maximum absolute atomic E-state index is 12.4. The molecule has 0 atom stereocenters. The number of hydrogen-bond donors (Lipinski definition) is 1. The third-order valence-electron chi connectivity index (χ3n) is 4.08. The minimum atomic E-state index is -0.103. The Balaban J connectivity index is 0.00000113. The predicted molar refractivity (Wildman–Crippen MR) is 132 cm³/mol. The zero-order chi connectivity index (χ0) is 23.6. The molecule has 0 radical (unpaired) electrons. The highest BCUT2D eigenvalue weighted by molar-refractivity contribution is 7.13. The molecular weight excluding hydrogens is 428 g/mol. The zero-order valence-corrected chi connectivity index (χ0v) is 21.3. The molecule has 31 heavy (non-hydrogen) atoms. The highest BCUT2D eigenvalue weighted by Crippen LogP contribution is 2.27. The number of amides is 1. The van der Waals surface area contributed by atoms with Crippen LogP contribution < -0.4 is 5.32 Å². The van der Waals surface area contributed by atoms with E-state index in [4.69, 9.17) is 11.6 Å². The van der Waals surface area contributed by atoms with Gasteiger partial charge in [0.25, 0.3) is 5.91 Å². The van der Waals surface area contributed by atoms with E-state index in [1.165, 1.54) is 11.3 Å². The number of benzene rings is 1. The van der Waals surface area contributed by atoms with Gasteiger partial charge >= 0.3 is 0 Å². The minimum Gasteiger partial charge on any atom is -0.347 e. The molecule has 168 valence electrons. The van der Waals surface area contributed by atoms with Gasteiger partial charge in [0.2, 0.25) is 5.28 Å². The highest BCUT2D eigenvalue weighted by Gasteiger charge is 2.20. The number of halogens is 1. The average Bonchev–Trinajstić information content (AvgIpc) is 3.27. The molecule has 0 unspecified atom stereocenters. The fourth-order valence-corrected chi connectivity index (χ4v) is 3.58. The second kappa shape index (κ2) is 12.5. The Kier molecular flexibility index (Phi) is 10.8. The maximum atomic E-state index is 12.4. The fraction of sp³-hybridized carbons (Fsp3) is 0.417. The Hall–Kier alpha value is -2.31. The van der Waals surface area contributed by atoms with E-state index in [-0.39, 0.29) is 16.6 Å². The van der Waals surface area contributed by atoms with Crippen molar-refractivity contribution in [1.29, 1.82) is 0 Å². The number of rotatable bonds is 4. The molecule has 0 saturated carbocycles. The second-order valence-corrected chi connectivity index (χ2v) is 8.68. The molecule has 0 fully saturated rings. The van der Waals surface area contributed by atoms with E-state index in [1.54, 1.807) is 12.4 Å². The van der Waals surface area contributed by atoms with E-state index in [2.05, 4.69) is 41.0 Å². The number of aromatic nitrogens is 3. The molecule has 0 aliphatic carbocycles. The molecular formula is C24H33ClN4OS. The molecule has 5 nitrogen and oxygen atoms in total. The van der Waals surface area contributed by atoms with Crippen LogP contribution in [0.4, 0.5) is 0 Å². The Bertz CT molecular complexity index is 980. The van der Waals surface area contributed by atoms with Crippen LogP contribution in [0.3, 0.4) is 0 Å². The van der Waals surface area contributed by atoms with Crippen molar-refractivity contribution in [2.75, 3.05) is 0 Å². The van der Waals surface area contributed by atoms with Gasteiger partial charge in [0.15, 0.2) is 0 Å². The molecule has 0 spiro atoms. The average molecular weight is 461 g/mol. The summed E-state index contributed by atoms with van der Waals surface area (Å²) in [6.07, 6.45) is 3.28. The van der Waals surface area contributed by atoms with Crippen LogP contribution in [-0.2, 0) is 12.0 Å². The van der Waals surface area contributed by atoms with Gasteiger partial charge < -0.3 is 5.32 Å². The third kappa shape index (κ3) is 7.71. The summed E-state index contributed by atoms with van der Waals surface area (Å²) < 4.78 is 0. The first-order chi connectivity index (χ1) is 14.7. The van der Waals surface area contributed by atoms with Crippen LogP contribution in [0.15, 0.2) is 36.7 Å². The van der Waals surface area contributed by atoms with Crippen molar-refractivity contribution < 1.29 is 4.79 Å². The number of thiazole rings is 1. The van der Waals surface area contributed by atoms with Crippen LogP contribution in [0.2, 0.25) is 5.28 Å². The molecule has 2 aromatic heterocycles. The van der Waals surface area contributed by atoms with Gasteiger partial charge in [-0.05, 0) is 41.8 Å². The largest absolute Gasteiger partial charge is 0.347 e. The van der Waals surface area contributed by atoms with Gasteiger partial charge in [-0.2, -0.15) is 0 Å². The molecule has 1 amide bonds. The molecule has 1 aromatic carbocycles. The van der Waals surface area contributed by atoms with E-state index < -0.39 is 0 Å². The fourth-order valence-electron chi connectivity index (χ4n) is 2.54. The molecule has 3 rings (SSSR count). The Morgan fingerprint density at radius 1 is 1.10 bits per heavy atom. The van der Waals surface area contributed by atoms with Crippen molar-refractivity contribution >= 4 is 28.8 Å². The van der Waals surface area contributed by atoms with Gasteiger partial charge in [0.1, 0.15) is 4.88 Å². The van der Waals surface area contributed by atoms with E-state index in [0.717, 1.165) is 27.4 Å². The van der Waals surface area contributed by atoms with Crippen LogP contribution in [0, 0.1) is 6.92 Å². The van der Waals surface area contributed by atoms with Crippen molar-refractivity contribution in [2.24, 2.45) is 0 Å². The summed E-state index contributed by atoms with van der Waals surface area (Å²) in [4.78, 5) is 25.6. The lowest BCUT2D eigenvalue weighted by Crippen LogP contribution is -2.22. The summed E-state index contributed by atoms with van der Waals surface area (Å²) in [7, 11) is 0. The lowest BCUT2D eigenvalue weighted by atomic mass is 9.98. The second-order valence-electron chi connectivity index (χ2n) is 7.31. The van der Waals surface area contributed by atoms with Crippen LogP contribution in [0.1, 0.15) is 74.3 Å². The van der Waals surface area contributed by atoms with Crippen LogP contribution in [0.25, 0.3) is 11.3 Å². The number of carbonyl (C=O) groups excluding carboxylic acids is 1. The monoisotopic (exact) mass is 460 g/mol. The molecule has 1 N–H and O–H groups in total. The molecule has 0 aliphatic heterocycles. The summed E-state index contributed by atoms with van der Waals surface area (Å²) in [5.74, 6) is -0.103. The van der Waals surface area contributed by atoms with Crippen molar-refractivity contribution in [2.45, 2.75) is 67.3 Å². The number of aryl methyl sites for hydroxylation is 1. The van der Waals surface area contributed by atoms with E-state index in [9.17, 15) is 4.79 Å². The number of nitrogens with one attached hydrogen (secondary N) is 1. The SMILES string of the molecule is CC.CC.Cc1cc(-c2ccnc(Cl)n2)ccc1CNC(=O)c1cnc(C(C)(C)C)s1. The quantitative estimate of drug-likeness (QED) is 0.432. The lowest BCUT2D eigenvalue weighted by molar-refractivity contribution is 0.0954. The Labute approximate surface area is 195 Å². The highest BCUT2D eigenvalue weighted by atomic mass is 35.5. The summed E-state index contributed by atoms with van der Waals surface area (Å²) >= 11 is 7.30. The normalized spacial score (nSPS) is 10.4. The van der Waals surface area contributed by atoms with Crippen LogP contribution in [0.5, 0.6) is 0 Å². The third-order valence-corrected chi connectivity index (χ3v) is 5.68. The molecule has 0 saturated heterocycles. The predicted octanol–water partition coefficient (Wildman–Crippen LogP) is 6.84. The van der Waals surface area contributed by atoms with Gasteiger partial charge in [-0.3, -0.25) is 4.79 Å². The van der Waals surface area contributed by atoms with E-state index in [0.29, 0.717) is 11.4 Å². The Morgan fingerprint density at radius 2 is 1.77 bits per heavy atom. The molecule has 7 heteroatoms. The van der Waals surface area contributed by atoms with Crippen LogP contribution >= 0.6 is 22.9 Å². The smallest absolute Gasteiger partial charge is 0.263 e. The summed E-state index contributed by atoms with van der Waals surface area (Å²) in [5.41, 5.74) is 3.80. The van der Waals surface area contributed by atoms with Crippen molar-refractivity contribution in [3.8, 4) is 11.3 Å². The number of nitrogens with zero attached hydrogens (tertiary/aromatic N) is 3. The van der Waals surface area contributed by atoms with E-state index >= 15 is 0 Å². The topological polar surface area (TPSA) is 67.8 Å². The molecule has 0 aliphatic rings. The summed E-state index contributed by atoms with van der Waals surface area (Å²) in [6, 6.07) is 7.81. The summed E-state index contributed by atoms with van der Waals surface area (Å²) in [6.45, 7) is 16.7. The van der Waals surface area contributed by atoms with Gasteiger partial charge in [-0.1, -0.05) is 60.6 Å². The van der Waals surface area contributed by atoms with Crippen molar-refractivity contribution in [3.05, 3.63) is 63.0 Å². The van der Waals surface area contributed by atoms with Gasteiger partial charge in [0, 0.05) is 23.7 Å². The number of hydrogen-bond acceptors (Lipinski definition) is 5. The maximum Gasteiger partial charge on any atom is 0.263 e. The Morgan fingerprint density at radius 3 is 2.32 bits per heavy atom. The lowest BCUT2D eigenvalue weighted by Gasteiger charge is -2.13. The van der Waals surface area contributed by atoms with Crippen LogP contribution in [-0.4, -0.2) is 20.9 Å². The first-order valence-electron chi connectivity index (χ1n) is 10.6. The van der Waals surface area contributed by atoms with E-state index in [1.807, 2.05) is 58.9 Å². The standard InChI is InChI=1S/C20H21ClN4OS.2C2H6/c1-12-9-13(15-7-8-22-19(21)25-15)5-6-14(12)10-23-17(26)16-11-24-18(27-16)20(2,3)4;2*1-2/h5-9,11H,10H2,1-4H3,(H,23,26);2*1-2H3. The molecule has 3 aromatic rings. The van der Waals surface area contributed by atoms with Crippen molar-refractivity contribution in [3.63, 3.8) is 0 Å².